The molecule has 0 aliphatic carbocycles. The second-order valence-electron chi connectivity index (χ2n) is 6.14. The maximum atomic E-state index is 12.8. The third kappa shape index (κ3) is 3.60. The summed E-state index contributed by atoms with van der Waals surface area (Å²) in [7, 11) is 0. The van der Waals surface area contributed by atoms with E-state index >= 15 is 0 Å². The smallest absolute Gasteiger partial charge is 0.333 e. The molecular weight excluding hydrogens is 320 g/mol. The number of amides is 2. The lowest BCUT2D eigenvalue weighted by molar-refractivity contribution is -0.133. The Kier molecular flexibility index (Phi) is 4.65. The van der Waals surface area contributed by atoms with Crippen LogP contribution in [0, 0.1) is 6.92 Å². The number of carbonyl (C=O) groups is 2. The van der Waals surface area contributed by atoms with Crippen molar-refractivity contribution in [2.24, 2.45) is 0 Å². The number of rotatable bonds is 2. The summed E-state index contributed by atoms with van der Waals surface area (Å²) in [5, 5.41) is 0. The number of benzene rings is 1. The second-order valence-corrected chi connectivity index (χ2v) is 6.14. The number of aromatic nitrogens is 2. The topological polar surface area (TPSA) is 86.4 Å². The fourth-order valence-corrected chi connectivity index (χ4v) is 3.16. The van der Waals surface area contributed by atoms with Crippen LogP contribution in [0.25, 0.3) is 0 Å². The van der Waals surface area contributed by atoms with E-state index in [0.29, 0.717) is 25.3 Å². The Morgan fingerprint density at radius 2 is 1.92 bits per heavy atom. The van der Waals surface area contributed by atoms with Gasteiger partial charge in [-0.05, 0) is 18.6 Å². The van der Waals surface area contributed by atoms with Gasteiger partial charge < -0.3 is 14.8 Å². The molecule has 0 saturated carbocycles. The van der Waals surface area contributed by atoms with Crippen LogP contribution in [0.5, 0.6) is 0 Å². The first-order valence-electron chi connectivity index (χ1n) is 8.15. The molecule has 0 spiro atoms. The number of piperazine rings is 1. The first kappa shape index (κ1) is 16.9. The van der Waals surface area contributed by atoms with Crippen molar-refractivity contribution in [3.63, 3.8) is 0 Å². The van der Waals surface area contributed by atoms with E-state index in [9.17, 15) is 14.4 Å². The standard InChI is InChI=1S/C18H20N4O3/c1-12-10-15(20-18(25)19-12)17(24)21-8-9-22(13(2)23)16(11-21)14-6-4-3-5-7-14/h3-7,10,16H,8-9,11H2,1-2H3,(H,19,20,25). The monoisotopic (exact) mass is 340 g/mol. The van der Waals surface area contributed by atoms with Crippen molar-refractivity contribution in [3.05, 3.63) is 63.8 Å². The molecule has 130 valence electrons. The molecule has 0 bridgehead atoms. The molecule has 1 atom stereocenters. The minimum absolute atomic E-state index is 0.0222. The van der Waals surface area contributed by atoms with Crippen LogP contribution in [0.3, 0.4) is 0 Å². The predicted octanol–water partition coefficient (Wildman–Crippen LogP) is 1.12. The molecule has 2 aromatic rings. The number of aromatic amines is 1. The lowest BCUT2D eigenvalue weighted by Gasteiger charge is -2.41. The highest BCUT2D eigenvalue weighted by atomic mass is 16.2. The van der Waals surface area contributed by atoms with E-state index < -0.39 is 5.69 Å². The van der Waals surface area contributed by atoms with Gasteiger partial charge in [-0.15, -0.1) is 0 Å². The van der Waals surface area contributed by atoms with Crippen molar-refractivity contribution in [1.29, 1.82) is 0 Å². The van der Waals surface area contributed by atoms with E-state index in [-0.39, 0.29) is 23.6 Å². The SMILES string of the molecule is CC(=O)N1CCN(C(=O)c2cc(C)[nH]c(=O)n2)CC1c1ccccc1. The average molecular weight is 340 g/mol. The Hall–Kier alpha value is -2.96. The minimum Gasteiger partial charge on any atom is -0.333 e. The summed E-state index contributed by atoms with van der Waals surface area (Å²) in [6.07, 6.45) is 0. The molecule has 25 heavy (non-hydrogen) atoms. The van der Waals surface area contributed by atoms with E-state index in [1.165, 1.54) is 6.92 Å². The summed E-state index contributed by atoms with van der Waals surface area (Å²) in [5.74, 6) is -0.315. The van der Waals surface area contributed by atoms with Gasteiger partial charge in [0, 0.05) is 32.3 Å². The van der Waals surface area contributed by atoms with Crippen LogP contribution in [0.2, 0.25) is 0 Å². The summed E-state index contributed by atoms with van der Waals surface area (Å²) < 4.78 is 0. The zero-order valence-corrected chi connectivity index (χ0v) is 14.2. The number of hydrogen-bond donors (Lipinski definition) is 1. The van der Waals surface area contributed by atoms with Gasteiger partial charge in [-0.25, -0.2) is 4.79 Å². The first-order chi connectivity index (χ1) is 12.0. The van der Waals surface area contributed by atoms with Crippen LogP contribution in [0.1, 0.15) is 34.7 Å². The van der Waals surface area contributed by atoms with Gasteiger partial charge in [0.25, 0.3) is 5.91 Å². The highest BCUT2D eigenvalue weighted by molar-refractivity contribution is 5.92. The molecule has 3 rings (SSSR count). The first-order valence-corrected chi connectivity index (χ1v) is 8.15. The van der Waals surface area contributed by atoms with Gasteiger partial charge in [-0.2, -0.15) is 4.98 Å². The van der Waals surface area contributed by atoms with E-state index in [0.717, 1.165) is 5.56 Å². The van der Waals surface area contributed by atoms with Crippen LogP contribution in [-0.2, 0) is 4.79 Å². The van der Waals surface area contributed by atoms with Crippen LogP contribution in [0.15, 0.2) is 41.2 Å². The highest BCUT2D eigenvalue weighted by Gasteiger charge is 2.32. The van der Waals surface area contributed by atoms with Crippen LogP contribution >= 0.6 is 0 Å². The Morgan fingerprint density at radius 3 is 2.56 bits per heavy atom. The maximum Gasteiger partial charge on any atom is 0.345 e. The second kappa shape index (κ2) is 6.88. The fourth-order valence-electron chi connectivity index (χ4n) is 3.16. The summed E-state index contributed by atoms with van der Waals surface area (Å²) in [6, 6.07) is 11.0. The molecule has 1 unspecified atom stereocenters. The highest BCUT2D eigenvalue weighted by Crippen LogP contribution is 2.26. The van der Waals surface area contributed by atoms with Crippen LogP contribution < -0.4 is 5.69 Å². The molecule has 1 fully saturated rings. The quantitative estimate of drug-likeness (QED) is 0.888. The Morgan fingerprint density at radius 1 is 1.20 bits per heavy atom. The predicted molar refractivity (Wildman–Crippen MR) is 92.1 cm³/mol. The molecule has 2 amide bonds. The molecule has 1 N–H and O–H groups in total. The van der Waals surface area contributed by atoms with E-state index in [2.05, 4.69) is 9.97 Å². The summed E-state index contributed by atoms with van der Waals surface area (Å²) in [4.78, 5) is 46.0. The van der Waals surface area contributed by atoms with Gasteiger partial charge in [-0.3, -0.25) is 9.59 Å². The molecule has 7 nitrogen and oxygen atoms in total. The van der Waals surface area contributed by atoms with Crippen LogP contribution in [-0.4, -0.2) is 51.2 Å². The van der Waals surface area contributed by atoms with Gasteiger partial charge in [-0.1, -0.05) is 30.3 Å². The molecule has 0 radical (unpaired) electrons. The van der Waals surface area contributed by atoms with Gasteiger partial charge in [0.05, 0.1) is 6.04 Å². The lowest BCUT2D eigenvalue weighted by atomic mass is 10.0. The average Bonchev–Trinajstić information content (AvgIpc) is 2.60. The summed E-state index contributed by atoms with van der Waals surface area (Å²) in [6.45, 7) is 4.48. The van der Waals surface area contributed by atoms with Gasteiger partial charge in [0.15, 0.2) is 0 Å². The van der Waals surface area contributed by atoms with Crippen molar-refractivity contribution < 1.29 is 9.59 Å². The van der Waals surface area contributed by atoms with Crippen LogP contribution in [0.4, 0.5) is 0 Å². The number of nitrogens with one attached hydrogen (secondary N) is 1. The van der Waals surface area contributed by atoms with Gasteiger partial charge in [0.2, 0.25) is 5.91 Å². The molecule has 1 aliphatic heterocycles. The van der Waals surface area contributed by atoms with Crippen molar-refractivity contribution >= 4 is 11.8 Å². The van der Waals surface area contributed by atoms with Gasteiger partial charge >= 0.3 is 5.69 Å². The van der Waals surface area contributed by atoms with Crippen molar-refractivity contribution in [3.8, 4) is 0 Å². The summed E-state index contributed by atoms with van der Waals surface area (Å²) >= 11 is 0. The fraction of sp³-hybridized carbons (Fsp3) is 0.333. The lowest BCUT2D eigenvalue weighted by Crippen LogP contribution is -2.52. The van der Waals surface area contributed by atoms with Crippen molar-refractivity contribution in [2.45, 2.75) is 19.9 Å². The zero-order valence-electron chi connectivity index (χ0n) is 14.2. The molecule has 1 aromatic heterocycles. The third-order valence-electron chi connectivity index (χ3n) is 4.35. The number of nitrogens with zero attached hydrogens (tertiary/aromatic N) is 3. The minimum atomic E-state index is -0.537. The number of aryl methyl sites for hydroxylation is 1. The maximum absolute atomic E-state index is 12.8. The molecule has 2 heterocycles. The van der Waals surface area contributed by atoms with Gasteiger partial charge in [0.1, 0.15) is 5.69 Å². The molecule has 7 heteroatoms. The third-order valence-corrected chi connectivity index (χ3v) is 4.35. The number of carbonyl (C=O) groups excluding carboxylic acids is 2. The molecule has 1 aliphatic rings. The van der Waals surface area contributed by atoms with Crippen molar-refractivity contribution in [2.75, 3.05) is 19.6 Å². The Bertz CT molecular complexity index is 847. The Labute approximate surface area is 145 Å². The molecule has 1 saturated heterocycles. The van der Waals surface area contributed by atoms with Crippen molar-refractivity contribution in [1.82, 2.24) is 19.8 Å². The summed E-state index contributed by atoms with van der Waals surface area (Å²) in [5.41, 5.74) is 1.16. The van der Waals surface area contributed by atoms with E-state index in [1.807, 2.05) is 30.3 Å². The zero-order chi connectivity index (χ0) is 18.0. The molecular formula is C18H20N4O3. The van der Waals surface area contributed by atoms with E-state index in [1.54, 1.807) is 22.8 Å². The normalized spacial score (nSPS) is 17.4. The molecule has 1 aromatic carbocycles. The Balaban J connectivity index is 1.88. The van der Waals surface area contributed by atoms with E-state index in [4.69, 9.17) is 0 Å². The number of hydrogen-bond acceptors (Lipinski definition) is 4. The largest absolute Gasteiger partial charge is 0.345 e. The number of H-pyrrole nitrogens is 1.